The van der Waals surface area contributed by atoms with Crippen LogP contribution in [0.15, 0.2) is 6.07 Å². The van der Waals surface area contributed by atoms with Crippen molar-refractivity contribution < 1.29 is 0 Å². The summed E-state index contributed by atoms with van der Waals surface area (Å²) in [5, 5.41) is 3.29. The Bertz CT molecular complexity index is 339. The minimum atomic E-state index is -0.0188. The van der Waals surface area contributed by atoms with Gasteiger partial charge >= 0.3 is 0 Å². The molecule has 0 radical (unpaired) electrons. The zero-order chi connectivity index (χ0) is 11.6. The lowest BCUT2D eigenvalue weighted by atomic mass is 10.1. The Balaban J connectivity index is 2.99. The molecule has 0 atom stereocenters. The van der Waals surface area contributed by atoms with E-state index in [1.54, 1.807) is 6.07 Å². The highest BCUT2D eigenvalue weighted by Crippen LogP contribution is 2.17. The summed E-state index contributed by atoms with van der Waals surface area (Å²) in [4.78, 5) is 8.61. The number of nitrogens with one attached hydrogen (secondary N) is 1. The molecule has 15 heavy (non-hydrogen) atoms. The summed E-state index contributed by atoms with van der Waals surface area (Å²) in [6, 6.07) is 1.76. The van der Waals surface area contributed by atoms with Crippen molar-refractivity contribution in [1.29, 1.82) is 0 Å². The Morgan fingerprint density at radius 1 is 1.27 bits per heavy atom. The van der Waals surface area contributed by atoms with Gasteiger partial charge in [-0.15, -0.1) is 0 Å². The van der Waals surface area contributed by atoms with Gasteiger partial charge < -0.3 is 11.1 Å². The van der Waals surface area contributed by atoms with Gasteiger partial charge in [-0.25, -0.2) is 9.97 Å². The van der Waals surface area contributed by atoms with Gasteiger partial charge in [-0.3, -0.25) is 0 Å². The maximum absolute atomic E-state index is 5.72. The number of hydrogen-bond acceptors (Lipinski definition) is 4. The third kappa shape index (κ3) is 3.73. The summed E-state index contributed by atoms with van der Waals surface area (Å²) in [7, 11) is 0. The third-order valence-electron chi connectivity index (χ3n) is 1.78. The number of nitrogen functional groups attached to an aromatic ring is 1. The van der Waals surface area contributed by atoms with E-state index in [0.717, 1.165) is 11.6 Å². The molecule has 1 heterocycles. The number of nitrogens with zero attached hydrogens (tertiary/aromatic N) is 2. The van der Waals surface area contributed by atoms with Crippen molar-refractivity contribution >= 4 is 11.6 Å². The van der Waals surface area contributed by atoms with Crippen LogP contribution in [-0.4, -0.2) is 15.5 Å². The molecule has 0 fully saturated rings. The predicted molar refractivity (Wildman–Crippen MR) is 63.9 cm³/mol. The Labute approximate surface area is 91.3 Å². The molecular weight excluding hydrogens is 188 g/mol. The second kappa shape index (κ2) is 4.04. The van der Waals surface area contributed by atoms with Crippen LogP contribution in [0.25, 0.3) is 0 Å². The Morgan fingerprint density at radius 2 is 1.87 bits per heavy atom. The normalized spacial score (nSPS) is 11.9. The van der Waals surface area contributed by atoms with E-state index in [4.69, 9.17) is 5.73 Å². The van der Waals surface area contributed by atoms with Crippen LogP contribution in [0.5, 0.6) is 0 Å². The zero-order valence-electron chi connectivity index (χ0n) is 10.1. The fraction of sp³-hybridized carbons (Fsp3) is 0.636. The summed E-state index contributed by atoms with van der Waals surface area (Å²) in [6.45, 7) is 10.4. The van der Waals surface area contributed by atoms with Crippen LogP contribution in [0.3, 0.4) is 0 Å². The van der Waals surface area contributed by atoms with E-state index < -0.39 is 0 Å². The second-order valence-electron chi connectivity index (χ2n) is 5.07. The number of aromatic nitrogens is 2. The van der Waals surface area contributed by atoms with Gasteiger partial charge in [0.15, 0.2) is 0 Å². The molecule has 84 valence electrons. The highest BCUT2D eigenvalue weighted by molar-refractivity contribution is 5.46. The van der Waals surface area contributed by atoms with Crippen molar-refractivity contribution in [3.8, 4) is 0 Å². The molecule has 0 unspecified atom stereocenters. The van der Waals surface area contributed by atoms with E-state index in [2.05, 4.69) is 49.9 Å². The van der Waals surface area contributed by atoms with Crippen LogP contribution >= 0.6 is 0 Å². The van der Waals surface area contributed by atoms with Crippen LogP contribution in [0.2, 0.25) is 0 Å². The Kier molecular flexibility index (Phi) is 3.17. The van der Waals surface area contributed by atoms with Crippen LogP contribution < -0.4 is 11.1 Å². The second-order valence-corrected chi connectivity index (χ2v) is 5.07. The van der Waals surface area contributed by atoms with Crippen LogP contribution in [0.1, 0.15) is 46.4 Å². The number of nitrogens with two attached hydrogens (primary N) is 1. The van der Waals surface area contributed by atoms with Crippen molar-refractivity contribution in [2.45, 2.75) is 46.1 Å². The first kappa shape index (κ1) is 11.8. The molecular formula is C11H20N4. The molecule has 0 saturated heterocycles. The number of rotatable bonds is 2. The fourth-order valence-corrected chi connectivity index (χ4v) is 1.19. The van der Waals surface area contributed by atoms with Gasteiger partial charge in [0.05, 0.1) is 0 Å². The molecule has 1 aromatic rings. The molecule has 0 aliphatic rings. The SMILES string of the molecule is CC(C)c1nc(N)cc(NC(C)(C)C)n1. The average molecular weight is 208 g/mol. The molecule has 0 aromatic carbocycles. The van der Waals surface area contributed by atoms with Crippen molar-refractivity contribution in [2.24, 2.45) is 0 Å². The minimum Gasteiger partial charge on any atom is -0.384 e. The van der Waals surface area contributed by atoms with E-state index in [9.17, 15) is 0 Å². The summed E-state index contributed by atoms with van der Waals surface area (Å²) < 4.78 is 0. The van der Waals surface area contributed by atoms with Crippen LogP contribution in [0.4, 0.5) is 11.6 Å². The first-order valence-corrected chi connectivity index (χ1v) is 5.20. The summed E-state index contributed by atoms with van der Waals surface area (Å²) in [5.74, 6) is 2.37. The molecule has 1 rings (SSSR count). The summed E-state index contributed by atoms with van der Waals surface area (Å²) in [5.41, 5.74) is 5.71. The minimum absolute atomic E-state index is 0.0188. The molecule has 0 saturated carbocycles. The molecule has 4 nitrogen and oxygen atoms in total. The maximum atomic E-state index is 5.72. The highest BCUT2D eigenvalue weighted by Gasteiger charge is 2.12. The van der Waals surface area contributed by atoms with Gasteiger partial charge in [-0.2, -0.15) is 0 Å². The molecule has 0 aliphatic heterocycles. The van der Waals surface area contributed by atoms with Crippen molar-refractivity contribution in [3.05, 3.63) is 11.9 Å². The topological polar surface area (TPSA) is 63.8 Å². The number of hydrogen-bond donors (Lipinski definition) is 2. The van der Waals surface area contributed by atoms with E-state index >= 15 is 0 Å². The largest absolute Gasteiger partial charge is 0.384 e. The summed E-state index contributed by atoms with van der Waals surface area (Å²) >= 11 is 0. The molecule has 3 N–H and O–H groups in total. The van der Waals surface area contributed by atoms with Crippen molar-refractivity contribution in [2.75, 3.05) is 11.1 Å². The Morgan fingerprint density at radius 3 is 2.33 bits per heavy atom. The van der Waals surface area contributed by atoms with E-state index in [1.165, 1.54) is 0 Å². The number of anilines is 2. The quantitative estimate of drug-likeness (QED) is 0.783. The fourth-order valence-electron chi connectivity index (χ4n) is 1.19. The molecule has 0 aliphatic carbocycles. The molecule has 1 aromatic heterocycles. The van der Waals surface area contributed by atoms with Gasteiger partial charge in [0, 0.05) is 17.5 Å². The molecule has 0 bridgehead atoms. The van der Waals surface area contributed by atoms with Gasteiger partial charge in [0.2, 0.25) is 0 Å². The van der Waals surface area contributed by atoms with Crippen LogP contribution in [0, 0.1) is 0 Å². The average Bonchev–Trinajstić information content (AvgIpc) is 1.99. The maximum Gasteiger partial charge on any atom is 0.135 e. The van der Waals surface area contributed by atoms with E-state index in [1.807, 2.05) is 0 Å². The summed E-state index contributed by atoms with van der Waals surface area (Å²) in [6.07, 6.45) is 0. The van der Waals surface area contributed by atoms with Crippen LogP contribution in [-0.2, 0) is 0 Å². The highest BCUT2D eigenvalue weighted by atomic mass is 15.1. The third-order valence-corrected chi connectivity index (χ3v) is 1.78. The van der Waals surface area contributed by atoms with Crippen molar-refractivity contribution in [3.63, 3.8) is 0 Å². The van der Waals surface area contributed by atoms with E-state index in [-0.39, 0.29) is 11.5 Å². The zero-order valence-corrected chi connectivity index (χ0v) is 10.1. The lowest BCUT2D eigenvalue weighted by Gasteiger charge is -2.22. The first-order chi connectivity index (χ1) is 6.78. The van der Waals surface area contributed by atoms with Gasteiger partial charge in [-0.1, -0.05) is 13.8 Å². The molecule has 0 amide bonds. The monoisotopic (exact) mass is 208 g/mol. The van der Waals surface area contributed by atoms with Crippen molar-refractivity contribution in [1.82, 2.24) is 9.97 Å². The predicted octanol–water partition coefficient (Wildman–Crippen LogP) is 2.39. The van der Waals surface area contributed by atoms with Gasteiger partial charge in [-0.05, 0) is 20.8 Å². The lowest BCUT2D eigenvalue weighted by molar-refractivity contribution is 0.627. The van der Waals surface area contributed by atoms with E-state index in [0.29, 0.717) is 5.82 Å². The lowest BCUT2D eigenvalue weighted by Crippen LogP contribution is -2.27. The Hall–Kier alpha value is -1.32. The van der Waals surface area contributed by atoms with Gasteiger partial charge in [0.1, 0.15) is 17.5 Å². The standard InChI is InChI=1S/C11H20N4/c1-7(2)10-13-8(12)6-9(14-10)15-11(3,4)5/h6-7H,1-5H3,(H3,12,13,14,15). The van der Waals surface area contributed by atoms with Gasteiger partial charge in [0.25, 0.3) is 0 Å². The molecule has 0 spiro atoms. The first-order valence-electron chi connectivity index (χ1n) is 5.20. The smallest absolute Gasteiger partial charge is 0.135 e. The molecule has 4 heteroatoms.